The summed E-state index contributed by atoms with van der Waals surface area (Å²) in [5.41, 5.74) is 2.41. The maximum Gasteiger partial charge on any atom is 0.293 e. The van der Waals surface area contributed by atoms with Crippen molar-refractivity contribution in [1.82, 2.24) is 0 Å². The van der Waals surface area contributed by atoms with Gasteiger partial charge in [0, 0.05) is 16.9 Å². The van der Waals surface area contributed by atoms with Gasteiger partial charge in [0.1, 0.15) is 23.8 Å². The molecule has 1 atom stereocenters. The molecule has 0 aliphatic carbocycles. The number of ether oxygens (including phenoxy) is 2. The molecule has 2 aromatic carbocycles. The Morgan fingerprint density at radius 3 is 2.60 bits per heavy atom. The van der Waals surface area contributed by atoms with Gasteiger partial charge in [0.05, 0.1) is 12.4 Å². The highest BCUT2D eigenvalue weighted by atomic mass is 19.1. The Balaban J connectivity index is 2.04. The van der Waals surface area contributed by atoms with E-state index in [1.807, 2.05) is 32.0 Å². The fourth-order valence-electron chi connectivity index (χ4n) is 2.84. The van der Waals surface area contributed by atoms with Crippen LogP contribution in [-0.2, 0) is 9.53 Å². The molecular weight excluding hydrogens is 323 g/mol. The molecular formula is C20H19FO4. The molecule has 0 spiro atoms. The fourth-order valence-corrected chi connectivity index (χ4v) is 2.84. The van der Waals surface area contributed by atoms with Crippen molar-refractivity contribution in [3.63, 3.8) is 0 Å². The predicted molar refractivity (Wildman–Crippen MR) is 92.2 cm³/mol. The summed E-state index contributed by atoms with van der Waals surface area (Å²) in [5.74, 6) is 0.157. The highest BCUT2D eigenvalue weighted by Gasteiger charge is 2.21. The van der Waals surface area contributed by atoms with Gasteiger partial charge in [0.2, 0.25) is 0 Å². The maximum absolute atomic E-state index is 13.2. The van der Waals surface area contributed by atoms with Crippen LogP contribution in [0.2, 0.25) is 0 Å². The van der Waals surface area contributed by atoms with E-state index in [4.69, 9.17) is 13.9 Å². The lowest BCUT2D eigenvalue weighted by Crippen LogP contribution is -2.09. The van der Waals surface area contributed by atoms with E-state index in [2.05, 4.69) is 0 Å². The van der Waals surface area contributed by atoms with E-state index in [1.54, 1.807) is 18.4 Å². The maximum atomic E-state index is 13.2. The molecule has 25 heavy (non-hydrogen) atoms. The monoisotopic (exact) mass is 342 g/mol. The van der Waals surface area contributed by atoms with Crippen molar-refractivity contribution in [3.8, 4) is 5.75 Å². The van der Waals surface area contributed by atoms with E-state index in [9.17, 15) is 9.18 Å². The number of benzene rings is 2. The summed E-state index contributed by atoms with van der Waals surface area (Å²) in [5, 5.41) is 0.877. The molecule has 0 bridgehead atoms. The smallest absolute Gasteiger partial charge is 0.293 e. The third-order valence-electron chi connectivity index (χ3n) is 3.93. The molecule has 0 aliphatic heterocycles. The van der Waals surface area contributed by atoms with Crippen LogP contribution in [0.1, 0.15) is 30.9 Å². The van der Waals surface area contributed by atoms with E-state index in [-0.39, 0.29) is 24.4 Å². The first-order valence-electron chi connectivity index (χ1n) is 8.07. The molecule has 5 heteroatoms. The van der Waals surface area contributed by atoms with Crippen molar-refractivity contribution >= 4 is 17.4 Å². The van der Waals surface area contributed by atoms with Crippen molar-refractivity contribution in [3.05, 3.63) is 65.7 Å². The van der Waals surface area contributed by atoms with E-state index < -0.39 is 0 Å². The van der Waals surface area contributed by atoms with Crippen molar-refractivity contribution < 1.29 is 23.1 Å². The molecule has 1 heterocycles. The lowest BCUT2D eigenvalue weighted by molar-refractivity contribution is -0.128. The molecule has 1 aromatic heterocycles. The Morgan fingerprint density at radius 1 is 1.16 bits per heavy atom. The quantitative estimate of drug-likeness (QED) is 0.586. The Bertz CT molecular complexity index is 852. The number of hydrogen-bond acceptors (Lipinski definition) is 4. The molecule has 0 aliphatic rings. The molecule has 4 nitrogen and oxygen atoms in total. The van der Waals surface area contributed by atoms with Gasteiger partial charge in [-0.05, 0) is 49.7 Å². The number of fused-ring (bicyclic) bond motifs is 1. The normalized spacial score (nSPS) is 12.3. The zero-order valence-corrected chi connectivity index (χ0v) is 14.1. The number of halogens is 1. The van der Waals surface area contributed by atoms with Gasteiger partial charge in [-0.15, -0.1) is 0 Å². The molecule has 0 amide bonds. The van der Waals surface area contributed by atoms with Crippen LogP contribution in [0.25, 0.3) is 11.0 Å². The van der Waals surface area contributed by atoms with Crippen molar-refractivity contribution in [2.45, 2.75) is 25.9 Å². The number of rotatable bonds is 7. The van der Waals surface area contributed by atoms with Gasteiger partial charge >= 0.3 is 0 Å². The Labute approximate surface area is 145 Å². The Kier molecular flexibility index (Phi) is 5.03. The second-order valence-corrected chi connectivity index (χ2v) is 6.05. The lowest BCUT2D eigenvalue weighted by atomic mass is 9.91. The van der Waals surface area contributed by atoms with Crippen LogP contribution in [0.15, 0.2) is 53.1 Å². The summed E-state index contributed by atoms with van der Waals surface area (Å²) in [4.78, 5) is 10.7. The molecule has 0 saturated carbocycles. The molecule has 3 aromatic rings. The first-order valence-corrected chi connectivity index (χ1v) is 8.07. The largest absolute Gasteiger partial charge is 0.491 e. The van der Waals surface area contributed by atoms with E-state index in [0.717, 1.165) is 22.3 Å². The summed E-state index contributed by atoms with van der Waals surface area (Å²) in [6.45, 7) is 4.46. The first kappa shape index (κ1) is 17.0. The van der Waals surface area contributed by atoms with Crippen LogP contribution in [0.4, 0.5) is 4.39 Å². The van der Waals surface area contributed by atoms with Gasteiger partial charge in [0.25, 0.3) is 6.47 Å². The Hall–Kier alpha value is -2.82. The van der Waals surface area contributed by atoms with Crippen LogP contribution in [0, 0.1) is 5.82 Å². The van der Waals surface area contributed by atoms with Gasteiger partial charge in [-0.2, -0.15) is 0 Å². The number of carbonyl (C=O) groups is 1. The summed E-state index contributed by atoms with van der Waals surface area (Å²) in [6, 6.07) is 11.7. The molecule has 0 saturated heterocycles. The van der Waals surface area contributed by atoms with Crippen LogP contribution in [0.5, 0.6) is 5.75 Å². The minimum Gasteiger partial charge on any atom is -0.491 e. The van der Waals surface area contributed by atoms with Crippen LogP contribution in [-0.4, -0.2) is 19.2 Å². The highest BCUT2D eigenvalue weighted by Crippen LogP contribution is 2.34. The first-order chi connectivity index (χ1) is 12.1. The second kappa shape index (κ2) is 7.38. The SMILES string of the molecule is CC(C)Oc1ccc2occ(C(COC=O)c3ccc(F)cc3)c2c1. The second-order valence-electron chi connectivity index (χ2n) is 6.05. The average Bonchev–Trinajstić information content (AvgIpc) is 2.99. The summed E-state index contributed by atoms with van der Waals surface area (Å²) in [6.07, 6.45) is 1.70. The third kappa shape index (κ3) is 3.82. The fraction of sp³-hybridized carbons (Fsp3) is 0.250. The standard InChI is InChI=1S/C20H19FO4/c1-13(2)25-16-7-8-20-17(9-16)19(11-24-20)18(10-23-12-22)14-3-5-15(21)6-4-14/h3-9,11-13,18H,10H2,1-2H3. The zero-order chi connectivity index (χ0) is 17.8. The molecule has 0 radical (unpaired) electrons. The molecule has 0 fully saturated rings. The minimum atomic E-state index is -0.316. The van der Waals surface area contributed by atoms with Gasteiger partial charge in [-0.1, -0.05) is 12.1 Å². The molecule has 130 valence electrons. The van der Waals surface area contributed by atoms with Gasteiger partial charge in [0.15, 0.2) is 0 Å². The van der Waals surface area contributed by atoms with Crippen molar-refractivity contribution in [2.24, 2.45) is 0 Å². The average molecular weight is 342 g/mol. The number of hydrogen-bond donors (Lipinski definition) is 0. The third-order valence-corrected chi connectivity index (χ3v) is 3.93. The molecule has 3 rings (SSSR count). The van der Waals surface area contributed by atoms with Gasteiger partial charge in [-0.3, -0.25) is 4.79 Å². The van der Waals surface area contributed by atoms with Crippen LogP contribution >= 0.6 is 0 Å². The lowest BCUT2D eigenvalue weighted by Gasteiger charge is -2.16. The summed E-state index contributed by atoms with van der Waals surface area (Å²) < 4.78 is 29.6. The molecule has 0 N–H and O–H groups in total. The highest BCUT2D eigenvalue weighted by molar-refractivity contribution is 5.83. The molecule has 1 unspecified atom stereocenters. The van der Waals surface area contributed by atoms with Gasteiger partial charge in [-0.25, -0.2) is 4.39 Å². The van der Waals surface area contributed by atoms with Crippen LogP contribution in [0.3, 0.4) is 0 Å². The Morgan fingerprint density at radius 2 is 1.92 bits per heavy atom. The number of furan rings is 1. The minimum absolute atomic E-state index is 0.0547. The summed E-state index contributed by atoms with van der Waals surface area (Å²) in [7, 11) is 0. The van der Waals surface area contributed by atoms with E-state index >= 15 is 0 Å². The zero-order valence-electron chi connectivity index (χ0n) is 14.1. The van der Waals surface area contributed by atoms with Gasteiger partial charge < -0.3 is 13.9 Å². The van der Waals surface area contributed by atoms with Crippen molar-refractivity contribution in [1.29, 1.82) is 0 Å². The topological polar surface area (TPSA) is 48.7 Å². The number of carbonyl (C=O) groups excluding carboxylic acids is 1. The summed E-state index contributed by atoms with van der Waals surface area (Å²) >= 11 is 0. The predicted octanol–water partition coefficient (Wildman–Crippen LogP) is 4.66. The van der Waals surface area contributed by atoms with Crippen molar-refractivity contribution in [2.75, 3.05) is 6.61 Å². The van der Waals surface area contributed by atoms with E-state index in [0.29, 0.717) is 12.1 Å². The van der Waals surface area contributed by atoms with E-state index in [1.165, 1.54) is 12.1 Å². The van der Waals surface area contributed by atoms with Crippen LogP contribution < -0.4 is 4.74 Å².